The lowest BCUT2D eigenvalue weighted by Crippen LogP contribution is -2.30. The molecular formula is C19H24ClNO4S. The summed E-state index contributed by atoms with van der Waals surface area (Å²) >= 11 is 6.18. The fourth-order valence-corrected chi connectivity index (χ4v) is 4.22. The highest BCUT2D eigenvalue weighted by Gasteiger charge is 2.24. The molecule has 0 saturated heterocycles. The lowest BCUT2D eigenvalue weighted by molar-refractivity contribution is 0.146. The van der Waals surface area contributed by atoms with Crippen LogP contribution in [0.1, 0.15) is 18.1 Å². The van der Waals surface area contributed by atoms with Crippen molar-refractivity contribution >= 4 is 21.6 Å². The average molecular weight is 398 g/mol. The third kappa shape index (κ3) is 4.98. The molecule has 0 aromatic heterocycles. The van der Waals surface area contributed by atoms with Crippen molar-refractivity contribution in [2.24, 2.45) is 0 Å². The van der Waals surface area contributed by atoms with Crippen LogP contribution in [0.4, 0.5) is 0 Å². The Morgan fingerprint density at radius 3 is 2.46 bits per heavy atom. The van der Waals surface area contributed by atoms with Gasteiger partial charge in [0, 0.05) is 25.2 Å². The van der Waals surface area contributed by atoms with Crippen molar-refractivity contribution in [1.29, 1.82) is 0 Å². The fourth-order valence-electron chi connectivity index (χ4n) is 2.51. The molecule has 0 N–H and O–H groups in total. The SMILES string of the molecule is CCN(Cc1ccccc1Cl)S(=O)(=O)c1ccc(OCCOC)c(C)c1. The number of benzene rings is 2. The van der Waals surface area contributed by atoms with Crippen molar-refractivity contribution < 1.29 is 17.9 Å². The molecule has 0 aliphatic heterocycles. The summed E-state index contributed by atoms with van der Waals surface area (Å²) in [7, 11) is -2.03. The van der Waals surface area contributed by atoms with Gasteiger partial charge in [0.2, 0.25) is 10.0 Å². The first kappa shape index (κ1) is 20.7. The quantitative estimate of drug-likeness (QED) is 0.602. The molecule has 142 valence electrons. The first-order chi connectivity index (χ1) is 12.4. The maximum Gasteiger partial charge on any atom is 0.243 e. The Labute approximate surface area is 160 Å². The van der Waals surface area contributed by atoms with Crippen LogP contribution in [-0.4, -0.2) is 39.6 Å². The van der Waals surface area contributed by atoms with E-state index in [0.29, 0.717) is 30.5 Å². The molecular weight excluding hydrogens is 374 g/mol. The van der Waals surface area contributed by atoms with E-state index in [1.165, 1.54) is 4.31 Å². The third-order valence-electron chi connectivity index (χ3n) is 3.99. The van der Waals surface area contributed by atoms with Crippen LogP contribution in [0.2, 0.25) is 5.02 Å². The normalized spacial score (nSPS) is 11.7. The molecule has 0 bridgehead atoms. The molecule has 26 heavy (non-hydrogen) atoms. The molecule has 0 radical (unpaired) electrons. The molecule has 0 aliphatic carbocycles. The molecule has 0 unspecified atom stereocenters. The maximum atomic E-state index is 13.0. The Bertz CT molecular complexity index is 839. The zero-order valence-electron chi connectivity index (χ0n) is 15.2. The monoisotopic (exact) mass is 397 g/mol. The number of hydrogen-bond donors (Lipinski definition) is 0. The van der Waals surface area contributed by atoms with Gasteiger partial charge in [0.05, 0.1) is 11.5 Å². The van der Waals surface area contributed by atoms with Crippen LogP contribution in [0.25, 0.3) is 0 Å². The van der Waals surface area contributed by atoms with Crippen molar-refractivity contribution in [2.45, 2.75) is 25.3 Å². The molecule has 2 aromatic rings. The summed E-state index contributed by atoms with van der Waals surface area (Å²) in [5.41, 5.74) is 1.53. The van der Waals surface area contributed by atoms with Gasteiger partial charge in [0.25, 0.3) is 0 Å². The summed E-state index contributed by atoms with van der Waals surface area (Å²) in [6.45, 7) is 5.09. The minimum Gasteiger partial charge on any atom is -0.491 e. The molecule has 0 amide bonds. The Morgan fingerprint density at radius 2 is 1.85 bits per heavy atom. The Kier molecular flexibility index (Phi) is 7.46. The summed E-state index contributed by atoms with van der Waals surface area (Å²) in [5, 5.41) is 0.555. The molecule has 0 aliphatic rings. The Morgan fingerprint density at radius 1 is 1.12 bits per heavy atom. The highest BCUT2D eigenvalue weighted by molar-refractivity contribution is 7.89. The van der Waals surface area contributed by atoms with Gasteiger partial charge in [-0.2, -0.15) is 4.31 Å². The lowest BCUT2D eigenvalue weighted by Gasteiger charge is -2.22. The molecule has 0 spiro atoms. The predicted molar refractivity (Wildman–Crippen MR) is 103 cm³/mol. The van der Waals surface area contributed by atoms with E-state index < -0.39 is 10.0 Å². The van der Waals surface area contributed by atoms with Crippen molar-refractivity contribution in [3.05, 3.63) is 58.6 Å². The summed E-state index contributed by atoms with van der Waals surface area (Å²) in [4.78, 5) is 0.239. The van der Waals surface area contributed by atoms with Gasteiger partial charge in [-0.3, -0.25) is 0 Å². The minimum atomic E-state index is -3.64. The van der Waals surface area contributed by atoms with Crippen LogP contribution < -0.4 is 4.74 Å². The van der Waals surface area contributed by atoms with E-state index in [1.807, 2.05) is 32.0 Å². The molecule has 0 heterocycles. The predicted octanol–water partition coefficient (Wildman–Crippen LogP) is 3.88. The van der Waals surface area contributed by atoms with Crippen LogP contribution in [0.5, 0.6) is 5.75 Å². The van der Waals surface area contributed by atoms with Gasteiger partial charge < -0.3 is 9.47 Å². The summed E-state index contributed by atoms with van der Waals surface area (Å²) in [6.07, 6.45) is 0. The topological polar surface area (TPSA) is 55.8 Å². The van der Waals surface area contributed by atoms with Gasteiger partial charge in [-0.1, -0.05) is 36.7 Å². The molecule has 0 fully saturated rings. The van der Waals surface area contributed by atoms with E-state index in [0.717, 1.165) is 11.1 Å². The molecule has 2 aromatic carbocycles. The number of nitrogens with zero attached hydrogens (tertiary/aromatic N) is 1. The van der Waals surface area contributed by atoms with Gasteiger partial charge in [-0.15, -0.1) is 0 Å². The number of rotatable bonds is 9. The van der Waals surface area contributed by atoms with Crippen LogP contribution >= 0.6 is 11.6 Å². The summed E-state index contributed by atoms with van der Waals surface area (Å²) in [5.74, 6) is 0.648. The van der Waals surface area contributed by atoms with Crippen molar-refractivity contribution in [2.75, 3.05) is 26.9 Å². The van der Waals surface area contributed by atoms with E-state index in [9.17, 15) is 8.42 Å². The van der Waals surface area contributed by atoms with E-state index in [4.69, 9.17) is 21.1 Å². The average Bonchev–Trinajstić information content (AvgIpc) is 2.62. The van der Waals surface area contributed by atoms with Crippen LogP contribution in [0, 0.1) is 6.92 Å². The van der Waals surface area contributed by atoms with E-state index >= 15 is 0 Å². The zero-order valence-corrected chi connectivity index (χ0v) is 16.8. The smallest absolute Gasteiger partial charge is 0.243 e. The van der Waals surface area contributed by atoms with E-state index in [-0.39, 0.29) is 11.4 Å². The van der Waals surface area contributed by atoms with Crippen molar-refractivity contribution in [3.8, 4) is 5.75 Å². The zero-order chi connectivity index (χ0) is 19.2. The number of ether oxygens (including phenoxy) is 2. The number of sulfonamides is 1. The van der Waals surface area contributed by atoms with E-state index in [1.54, 1.807) is 31.4 Å². The second-order valence-corrected chi connectivity index (χ2v) is 8.14. The minimum absolute atomic E-state index is 0.226. The molecule has 0 saturated carbocycles. The molecule has 2 rings (SSSR count). The number of hydrogen-bond acceptors (Lipinski definition) is 4. The highest BCUT2D eigenvalue weighted by atomic mass is 35.5. The number of aryl methyl sites for hydroxylation is 1. The number of halogens is 1. The molecule has 7 heteroatoms. The van der Waals surface area contributed by atoms with Crippen molar-refractivity contribution in [1.82, 2.24) is 4.31 Å². The van der Waals surface area contributed by atoms with Gasteiger partial charge in [-0.25, -0.2) is 8.42 Å². The molecule has 5 nitrogen and oxygen atoms in total. The van der Waals surface area contributed by atoms with Crippen LogP contribution in [0.15, 0.2) is 47.4 Å². The van der Waals surface area contributed by atoms with Crippen LogP contribution in [0.3, 0.4) is 0 Å². The van der Waals surface area contributed by atoms with Crippen LogP contribution in [-0.2, 0) is 21.3 Å². The standard InChI is InChI=1S/C19H24ClNO4S/c1-4-21(14-16-7-5-6-8-18(16)20)26(22,23)17-9-10-19(15(2)13-17)25-12-11-24-3/h5-10,13H,4,11-12,14H2,1-3H3. The van der Waals surface area contributed by atoms with Gasteiger partial charge in [0.1, 0.15) is 12.4 Å². The Balaban J connectivity index is 2.24. The molecule has 0 atom stereocenters. The largest absolute Gasteiger partial charge is 0.491 e. The van der Waals surface area contributed by atoms with Crippen molar-refractivity contribution in [3.63, 3.8) is 0 Å². The number of methoxy groups -OCH3 is 1. The fraction of sp³-hybridized carbons (Fsp3) is 0.368. The lowest BCUT2D eigenvalue weighted by atomic mass is 10.2. The van der Waals surface area contributed by atoms with Gasteiger partial charge in [0.15, 0.2) is 0 Å². The first-order valence-electron chi connectivity index (χ1n) is 8.36. The Hall–Kier alpha value is -1.60. The van der Waals surface area contributed by atoms with Gasteiger partial charge in [-0.05, 0) is 42.3 Å². The first-order valence-corrected chi connectivity index (χ1v) is 10.2. The second kappa shape index (κ2) is 9.37. The highest BCUT2D eigenvalue weighted by Crippen LogP contribution is 2.26. The second-order valence-electron chi connectivity index (χ2n) is 5.79. The van der Waals surface area contributed by atoms with E-state index in [2.05, 4.69) is 0 Å². The van der Waals surface area contributed by atoms with Gasteiger partial charge >= 0.3 is 0 Å². The summed E-state index contributed by atoms with van der Waals surface area (Å²) < 4.78 is 38.0. The third-order valence-corrected chi connectivity index (χ3v) is 6.27. The summed E-state index contributed by atoms with van der Waals surface area (Å²) in [6, 6.07) is 12.1. The maximum absolute atomic E-state index is 13.0.